The van der Waals surface area contributed by atoms with Gasteiger partial charge >= 0.3 is 6.09 Å². The summed E-state index contributed by atoms with van der Waals surface area (Å²) in [6.45, 7) is 6.66. The number of carbonyl (C=O) groups excluding carboxylic acids is 1. The fraction of sp³-hybridized carbons (Fsp3) is 0.750. The number of benzene rings is 1. The van der Waals surface area contributed by atoms with Crippen LogP contribution in [0.25, 0.3) is 0 Å². The number of amides is 1. The van der Waals surface area contributed by atoms with Crippen molar-refractivity contribution >= 4 is 16.1 Å². The molecule has 1 aromatic rings. The first-order valence-corrected chi connectivity index (χ1v) is 15.6. The van der Waals surface area contributed by atoms with Gasteiger partial charge in [-0.2, -0.15) is 4.31 Å². The molecule has 7 nitrogen and oxygen atoms in total. The summed E-state index contributed by atoms with van der Waals surface area (Å²) in [4.78, 5) is 17.9. The van der Waals surface area contributed by atoms with E-state index in [-0.39, 0.29) is 30.8 Å². The lowest BCUT2D eigenvalue weighted by Gasteiger charge is -2.44. The van der Waals surface area contributed by atoms with Crippen molar-refractivity contribution < 1.29 is 17.9 Å². The standard InChI is InChI=1S/C28H43N3O4S/c1-21-11-15-26(16-12-21)36(33,34)31-25(9-6-10-27(31)23-13-14-23)20-35-28(32)30-18-17-29(19-22(30)2)24-7-4-3-5-8-24/h11-12,15-16,22-25,27H,3-10,13-14,17-20H2,1-2H3/t22-,25?,27?/m1/s1. The van der Waals surface area contributed by atoms with Crippen molar-refractivity contribution in [3.63, 3.8) is 0 Å². The molecule has 3 atom stereocenters. The van der Waals surface area contributed by atoms with Gasteiger partial charge in [0.25, 0.3) is 0 Å². The number of rotatable bonds is 6. The zero-order valence-electron chi connectivity index (χ0n) is 22.0. The average molecular weight is 518 g/mol. The van der Waals surface area contributed by atoms with Gasteiger partial charge in [0.05, 0.1) is 10.9 Å². The summed E-state index contributed by atoms with van der Waals surface area (Å²) >= 11 is 0. The van der Waals surface area contributed by atoms with E-state index in [9.17, 15) is 13.2 Å². The lowest BCUT2D eigenvalue weighted by Crippen LogP contribution is -2.57. The third-order valence-corrected chi connectivity index (χ3v) is 10.9. The minimum Gasteiger partial charge on any atom is -0.448 e. The number of piperazine rings is 1. The summed E-state index contributed by atoms with van der Waals surface area (Å²) < 4.78 is 35.2. The Kier molecular flexibility index (Phi) is 7.94. The van der Waals surface area contributed by atoms with Gasteiger partial charge in [-0.1, -0.05) is 43.4 Å². The summed E-state index contributed by atoms with van der Waals surface area (Å²) in [5.74, 6) is 0.427. The van der Waals surface area contributed by atoms with Gasteiger partial charge in [-0.3, -0.25) is 4.90 Å². The Hall–Kier alpha value is -1.64. The predicted molar refractivity (Wildman–Crippen MR) is 140 cm³/mol. The first kappa shape index (κ1) is 26.0. The molecule has 2 aliphatic carbocycles. The molecule has 0 N–H and O–H groups in total. The van der Waals surface area contributed by atoms with Gasteiger partial charge in [-0.15, -0.1) is 0 Å². The molecule has 0 aromatic heterocycles. The van der Waals surface area contributed by atoms with E-state index >= 15 is 0 Å². The summed E-state index contributed by atoms with van der Waals surface area (Å²) in [7, 11) is -3.66. The Balaban J connectivity index is 1.24. The predicted octanol–water partition coefficient (Wildman–Crippen LogP) is 4.79. The van der Waals surface area contributed by atoms with Gasteiger partial charge in [0.15, 0.2) is 0 Å². The van der Waals surface area contributed by atoms with Crippen molar-refractivity contribution in [3.8, 4) is 0 Å². The lowest BCUT2D eigenvalue weighted by atomic mass is 9.93. The second kappa shape index (κ2) is 11.0. The third kappa shape index (κ3) is 5.60. The maximum absolute atomic E-state index is 13.8. The minimum atomic E-state index is -3.66. The van der Waals surface area contributed by atoms with Gasteiger partial charge in [0.1, 0.15) is 6.61 Å². The van der Waals surface area contributed by atoms with Crippen LogP contribution in [0.2, 0.25) is 0 Å². The van der Waals surface area contributed by atoms with Crippen LogP contribution in [0.15, 0.2) is 29.2 Å². The molecule has 0 spiro atoms. The summed E-state index contributed by atoms with van der Waals surface area (Å²) in [6.07, 6.45) is 11.0. The Morgan fingerprint density at radius 1 is 0.944 bits per heavy atom. The molecule has 2 heterocycles. The van der Waals surface area contributed by atoms with Crippen LogP contribution in [0.3, 0.4) is 0 Å². The molecule has 2 saturated carbocycles. The second-order valence-corrected chi connectivity index (χ2v) is 13.4. The van der Waals surface area contributed by atoms with E-state index in [0.717, 1.165) is 50.8 Å². The van der Waals surface area contributed by atoms with Crippen LogP contribution in [0.4, 0.5) is 4.79 Å². The highest BCUT2D eigenvalue weighted by atomic mass is 32.2. The molecule has 5 rings (SSSR count). The highest BCUT2D eigenvalue weighted by Crippen LogP contribution is 2.43. The van der Waals surface area contributed by atoms with Crippen molar-refractivity contribution in [2.24, 2.45) is 5.92 Å². The van der Waals surface area contributed by atoms with E-state index in [1.165, 1.54) is 32.1 Å². The molecule has 4 aliphatic rings. The molecule has 1 aromatic carbocycles. The van der Waals surface area contributed by atoms with Gasteiger partial charge in [-0.25, -0.2) is 13.2 Å². The van der Waals surface area contributed by atoms with Crippen LogP contribution in [0, 0.1) is 12.8 Å². The number of aryl methyl sites for hydroxylation is 1. The molecular formula is C28H43N3O4S. The molecule has 4 fully saturated rings. The van der Waals surface area contributed by atoms with E-state index in [2.05, 4.69) is 11.8 Å². The van der Waals surface area contributed by atoms with Crippen LogP contribution in [-0.2, 0) is 14.8 Å². The molecule has 1 amide bonds. The van der Waals surface area contributed by atoms with Gasteiger partial charge < -0.3 is 9.64 Å². The fourth-order valence-electron chi connectivity index (χ4n) is 6.66. The van der Waals surface area contributed by atoms with Crippen molar-refractivity contribution in [1.82, 2.24) is 14.1 Å². The maximum Gasteiger partial charge on any atom is 0.410 e. The second-order valence-electron chi connectivity index (χ2n) is 11.5. The third-order valence-electron chi connectivity index (χ3n) is 8.87. The topological polar surface area (TPSA) is 70.2 Å². The number of sulfonamides is 1. The van der Waals surface area contributed by atoms with Crippen LogP contribution in [0.5, 0.6) is 0 Å². The largest absolute Gasteiger partial charge is 0.448 e. The van der Waals surface area contributed by atoms with E-state index < -0.39 is 10.0 Å². The van der Waals surface area contributed by atoms with Gasteiger partial charge in [0, 0.05) is 37.8 Å². The molecule has 2 saturated heterocycles. The normalized spacial score (nSPS) is 29.3. The Bertz CT molecular complexity index is 1000. The monoisotopic (exact) mass is 517 g/mol. The Morgan fingerprint density at radius 3 is 2.33 bits per heavy atom. The van der Waals surface area contributed by atoms with Gasteiger partial charge in [-0.05, 0) is 70.4 Å². The molecule has 200 valence electrons. The molecule has 8 heteroatoms. The van der Waals surface area contributed by atoms with Crippen LogP contribution in [-0.4, -0.2) is 79.0 Å². The fourth-order valence-corrected chi connectivity index (χ4v) is 8.58. The van der Waals surface area contributed by atoms with Crippen LogP contribution >= 0.6 is 0 Å². The number of nitrogens with zero attached hydrogens (tertiary/aromatic N) is 3. The zero-order chi connectivity index (χ0) is 25.3. The van der Waals surface area contributed by atoms with E-state index in [1.807, 2.05) is 24.0 Å². The van der Waals surface area contributed by atoms with Crippen molar-refractivity contribution in [1.29, 1.82) is 0 Å². The number of hydrogen-bond donors (Lipinski definition) is 0. The quantitative estimate of drug-likeness (QED) is 0.543. The summed E-state index contributed by atoms with van der Waals surface area (Å²) in [5.41, 5.74) is 1.04. The summed E-state index contributed by atoms with van der Waals surface area (Å²) in [6, 6.07) is 7.58. The van der Waals surface area contributed by atoms with Crippen molar-refractivity contribution in [2.45, 2.75) is 107 Å². The lowest BCUT2D eigenvalue weighted by molar-refractivity contribution is 0.0176. The first-order chi connectivity index (χ1) is 17.3. The van der Waals surface area contributed by atoms with E-state index in [1.54, 1.807) is 16.4 Å². The maximum atomic E-state index is 13.8. The van der Waals surface area contributed by atoms with E-state index in [0.29, 0.717) is 23.4 Å². The summed E-state index contributed by atoms with van der Waals surface area (Å²) in [5, 5.41) is 0. The minimum absolute atomic E-state index is 0.00622. The highest BCUT2D eigenvalue weighted by Gasteiger charge is 2.46. The smallest absolute Gasteiger partial charge is 0.410 e. The number of piperidine rings is 1. The number of carbonyl (C=O) groups is 1. The SMILES string of the molecule is Cc1ccc(S(=O)(=O)N2C(COC(=O)N3CCN(C4CCCCC4)C[C@H]3C)CCCC2C2CC2)cc1. The molecule has 0 radical (unpaired) electrons. The zero-order valence-corrected chi connectivity index (χ0v) is 22.8. The average Bonchev–Trinajstić information content (AvgIpc) is 3.73. The van der Waals surface area contributed by atoms with E-state index in [4.69, 9.17) is 4.74 Å². The van der Waals surface area contributed by atoms with Crippen molar-refractivity contribution in [2.75, 3.05) is 26.2 Å². The Labute approximate surface area is 217 Å². The molecule has 2 unspecified atom stereocenters. The first-order valence-electron chi connectivity index (χ1n) is 14.1. The van der Waals surface area contributed by atoms with Crippen molar-refractivity contribution in [3.05, 3.63) is 29.8 Å². The molecule has 36 heavy (non-hydrogen) atoms. The van der Waals surface area contributed by atoms with Crippen LogP contribution in [0.1, 0.15) is 76.7 Å². The number of hydrogen-bond acceptors (Lipinski definition) is 5. The molecular weight excluding hydrogens is 474 g/mol. The van der Waals surface area contributed by atoms with Gasteiger partial charge in [0.2, 0.25) is 10.0 Å². The Morgan fingerprint density at radius 2 is 1.67 bits per heavy atom. The molecule has 2 aliphatic heterocycles. The highest BCUT2D eigenvalue weighted by molar-refractivity contribution is 7.89. The van der Waals surface area contributed by atoms with Crippen LogP contribution < -0.4 is 0 Å². The molecule has 0 bridgehead atoms. The number of ether oxygens (including phenoxy) is 1.